The third kappa shape index (κ3) is 4.47. The number of pyridine rings is 1. The van der Waals surface area contributed by atoms with Gasteiger partial charge in [-0.25, -0.2) is 4.79 Å². The molecule has 4 rings (SSSR count). The first kappa shape index (κ1) is 21.4. The van der Waals surface area contributed by atoms with Gasteiger partial charge >= 0.3 is 6.09 Å². The lowest BCUT2D eigenvalue weighted by molar-refractivity contribution is 0.0496. The van der Waals surface area contributed by atoms with Crippen LogP contribution in [0.4, 0.5) is 10.5 Å². The van der Waals surface area contributed by atoms with Crippen molar-refractivity contribution in [2.45, 2.75) is 46.3 Å². The maximum absolute atomic E-state index is 12.0. The van der Waals surface area contributed by atoms with Crippen LogP contribution in [0.2, 0.25) is 5.02 Å². The van der Waals surface area contributed by atoms with E-state index in [9.17, 15) is 4.79 Å². The Bertz CT molecular complexity index is 1130. The van der Waals surface area contributed by atoms with Crippen molar-refractivity contribution in [2.75, 3.05) is 18.0 Å². The van der Waals surface area contributed by atoms with Gasteiger partial charge < -0.3 is 15.0 Å². The normalized spacial score (nSPS) is 14.5. The van der Waals surface area contributed by atoms with E-state index in [0.29, 0.717) is 18.1 Å². The average molecular weight is 438 g/mol. The van der Waals surface area contributed by atoms with Gasteiger partial charge in [-0.2, -0.15) is 0 Å². The highest BCUT2D eigenvalue weighted by Gasteiger charge is 2.31. The lowest BCUT2D eigenvalue weighted by Gasteiger charge is -2.41. The predicted molar refractivity (Wildman–Crippen MR) is 127 cm³/mol. The summed E-state index contributed by atoms with van der Waals surface area (Å²) in [4.78, 5) is 18.8. The molecule has 5 nitrogen and oxygen atoms in total. The van der Waals surface area contributed by atoms with Crippen LogP contribution < -0.4 is 10.2 Å². The van der Waals surface area contributed by atoms with E-state index in [0.717, 1.165) is 27.7 Å². The largest absolute Gasteiger partial charge is 0.444 e. The maximum Gasteiger partial charge on any atom is 0.407 e. The molecule has 31 heavy (non-hydrogen) atoms. The molecule has 1 aliphatic rings. The van der Waals surface area contributed by atoms with Crippen molar-refractivity contribution in [3.8, 4) is 11.1 Å². The number of hydrogen-bond acceptors (Lipinski definition) is 4. The molecule has 0 saturated carbocycles. The molecule has 1 amide bonds. The minimum Gasteiger partial charge on any atom is -0.444 e. The third-order valence-corrected chi connectivity index (χ3v) is 5.81. The highest BCUT2D eigenvalue weighted by atomic mass is 35.5. The molecule has 6 heteroatoms. The summed E-state index contributed by atoms with van der Waals surface area (Å²) in [5.74, 6) is 0. The van der Waals surface area contributed by atoms with Crippen molar-refractivity contribution >= 4 is 34.3 Å². The molecule has 1 fully saturated rings. The molecule has 0 radical (unpaired) electrons. The van der Waals surface area contributed by atoms with Gasteiger partial charge in [-0.1, -0.05) is 29.8 Å². The number of benzene rings is 2. The molecule has 162 valence electrons. The quantitative estimate of drug-likeness (QED) is 0.555. The third-order valence-electron chi connectivity index (χ3n) is 5.50. The van der Waals surface area contributed by atoms with Crippen molar-refractivity contribution < 1.29 is 9.53 Å². The lowest BCUT2D eigenvalue weighted by Crippen LogP contribution is -2.60. The maximum atomic E-state index is 12.0. The van der Waals surface area contributed by atoms with Crippen LogP contribution in [0.3, 0.4) is 0 Å². The van der Waals surface area contributed by atoms with Crippen LogP contribution in [0.1, 0.15) is 31.9 Å². The first-order valence-electron chi connectivity index (χ1n) is 10.5. The number of amides is 1. The Morgan fingerprint density at radius 2 is 1.84 bits per heavy atom. The smallest absolute Gasteiger partial charge is 0.407 e. The molecular formula is C25H28ClN3O2. The van der Waals surface area contributed by atoms with Gasteiger partial charge in [-0.3, -0.25) is 4.98 Å². The van der Waals surface area contributed by atoms with E-state index in [2.05, 4.69) is 53.3 Å². The fourth-order valence-electron chi connectivity index (χ4n) is 4.10. The van der Waals surface area contributed by atoms with E-state index in [-0.39, 0.29) is 12.1 Å². The minimum atomic E-state index is -0.501. The van der Waals surface area contributed by atoms with E-state index in [4.69, 9.17) is 16.3 Å². The molecular weight excluding hydrogens is 410 g/mol. The highest BCUT2D eigenvalue weighted by molar-refractivity contribution is 6.34. The second-order valence-corrected chi connectivity index (χ2v) is 9.60. The van der Waals surface area contributed by atoms with Gasteiger partial charge in [0.15, 0.2) is 0 Å². The Labute approximate surface area is 188 Å². The number of anilines is 1. The van der Waals surface area contributed by atoms with Crippen LogP contribution in [0.5, 0.6) is 0 Å². The van der Waals surface area contributed by atoms with Crippen LogP contribution >= 0.6 is 11.6 Å². The van der Waals surface area contributed by atoms with Crippen LogP contribution in [-0.4, -0.2) is 35.8 Å². The summed E-state index contributed by atoms with van der Waals surface area (Å²) in [5.41, 5.74) is 6.02. The number of nitrogens with zero attached hydrogens (tertiary/aromatic N) is 2. The monoisotopic (exact) mass is 437 g/mol. The zero-order chi connectivity index (χ0) is 22.3. The number of ether oxygens (including phenoxy) is 1. The molecule has 1 saturated heterocycles. The van der Waals surface area contributed by atoms with Gasteiger partial charge in [0.1, 0.15) is 5.60 Å². The number of carbonyl (C=O) groups is 1. The zero-order valence-electron chi connectivity index (χ0n) is 18.6. The van der Waals surface area contributed by atoms with Crippen LogP contribution in [-0.2, 0) is 4.74 Å². The van der Waals surface area contributed by atoms with Gasteiger partial charge in [-0.05, 0) is 69.5 Å². The molecule has 1 aliphatic heterocycles. The molecule has 1 aromatic heterocycles. The Hall–Kier alpha value is -2.79. The summed E-state index contributed by atoms with van der Waals surface area (Å²) in [6, 6.07) is 12.4. The number of rotatable bonds is 3. The van der Waals surface area contributed by atoms with Gasteiger partial charge in [0, 0.05) is 40.9 Å². The van der Waals surface area contributed by atoms with Crippen molar-refractivity contribution in [2.24, 2.45) is 0 Å². The summed E-state index contributed by atoms with van der Waals surface area (Å²) in [5, 5.41) is 4.65. The van der Waals surface area contributed by atoms with Crippen molar-refractivity contribution in [3.63, 3.8) is 0 Å². The van der Waals surface area contributed by atoms with Crippen molar-refractivity contribution in [3.05, 3.63) is 58.7 Å². The number of aryl methyl sites for hydroxylation is 2. The Balaban J connectivity index is 1.58. The second-order valence-electron chi connectivity index (χ2n) is 9.19. The predicted octanol–water partition coefficient (Wildman–Crippen LogP) is 5.89. The Morgan fingerprint density at radius 3 is 2.48 bits per heavy atom. The molecule has 0 unspecified atom stereocenters. The SMILES string of the molecule is Cc1cccc(C)c1-c1cc2nccc(N3CC(NC(=O)OC(C)(C)C)C3)c2cc1Cl. The number of carbonyl (C=O) groups excluding carboxylic acids is 1. The van der Waals surface area contributed by atoms with Gasteiger partial charge in [-0.15, -0.1) is 0 Å². The van der Waals surface area contributed by atoms with Crippen LogP contribution in [0.25, 0.3) is 22.0 Å². The van der Waals surface area contributed by atoms with E-state index < -0.39 is 5.60 Å². The number of fused-ring (bicyclic) bond motifs is 1. The summed E-state index contributed by atoms with van der Waals surface area (Å²) in [7, 11) is 0. The zero-order valence-corrected chi connectivity index (χ0v) is 19.4. The second kappa shape index (κ2) is 8.04. The van der Waals surface area contributed by atoms with Crippen LogP contribution in [0, 0.1) is 13.8 Å². The average Bonchev–Trinajstić information content (AvgIpc) is 2.63. The Kier molecular flexibility index (Phi) is 5.56. The van der Waals surface area contributed by atoms with E-state index in [1.165, 1.54) is 11.1 Å². The topological polar surface area (TPSA) is 54.5 Å². The molecule has 1 N–H and O–H groups in total. The molecule has 0 bridgehead atoms. The van der Waals surface area contributed by atoms with E-state index >= 15 is 0 Å². The number of nitrogens with one attached hydrogen (secondary N) is 1. The first-order chi connectivity index (χ1) is 14.6. The van der Waals surface area contributed by atoms with Gasteiger partial charge in [0.05, 0.1) is 11.6 Å². The van der Waals surface area contributed by atoms with E-state index in [1.807, 2.05) is 39.1 Å². The standard InChI is InChI=1S/C25H28ClN3O2/c1-15-7-6-8-16(2)23(15)18-12-21-19(11-20(18)26)22(9-10-27-21)29-13-17(14-29)28-24(30)31-25(3,4)5/h6-12,17H,13-14H2,1-5H3,(H,28,30). The molecule has 3 aromatic rings. The lowest BCUT2D eigenvalue weighted by atomic mass is 9.94. The first-order valence-corrected chi connectivity index (χ1v) is 10.9. The molecule has 2 heterocycles. The molecule has 2 aromatic carbocycles. The van der Waals surface area contributed by atoms with Crippen LogP contribution in [0.15, 0.2) is 42.6 Å². The fourth-order valence-corrected chi connectivity index (χ4v) is 4.36. The fraction of sp³-hybridized carbons (Fsp3) is 0.360. The number of aromatic nitrogens is 1. The summed E-state index contributed by atoms with van der Waals surface area (Å²) in [6.07, 6.45) is 1.45. The van der Waals surface area contributed by atoms with Gasteiger partial charge in [0.2, 0.25) is 0 Å². The molecule has 0 aliphatic carbocycles. The summed E-state index contributed by atoms with van der Waals surface area (Å²) >= 11 is 6.76. The summed E-state index contributed by atoms with van der Waals surface area (Å²) in [6.45, 7) is 11.2. The van der Waals surface area contributed by atoms with Crippen molar-refractivity contribution in [1.29, 1.82) is 0 Å². The summed E-state index contributed by atoms with van der Waals surface area (Å²) < 4.78 is 5.35. The van der Waals surface area contributed by atoms with E-state index in [1.54, 1.807) is 0 Å². The number of hydrogen-bond donors (Lipinski definition) is 1. The van der Waals surface area contributed by atoms with Crippen molar-refractivity contribution in [1.82, 2.24) is 10.3 Å². The minimum absolute atomic E-state index is 0.0578. The Morgan fingerprint density at radius 1 is 1.16 bits per heavy atom. The number of alkyl carbamates (subject to hydrolysis) is 1. The molecule has 0 atom stereocenters. The molecule has 0 spiro atoms. The van der Waals surface area contributed by atoms with Gasteiger partial charge in [0.25, 0.3) is 0 Å². The highest BCUT2D eigenvalue weighted by Crippen LogP contribution is 2.38. The number of halogens is 1.